The molecule has 3 aromatic rings. The lowest BCUT2D eigenvalue weighted by Gasteiger charge is -2.19. The third-order valence-corrected chi connectivity index (χ3v) is 6.81. The zero-order valence-electron chi connectivity index (χ0n) is 19.3. The summed E-state index contributed by atoms with van der Waals surface area (Å²) in [6, 6.07) is 9.17. The molecule has 2 aromatic carbocycles. The first-order chi connectivity index (χ1) is 16.5. The number of thioether (sulfide) groups is 1. The summed E-state index contributed by atoms with van der Waals surface area (Å²) in [6.07, 6.45) is -1.16. The normalized spacial score (nSPS) is 15.5. The van der Waals surface area contributed by atoms with Gasteiger partial charge in [0.1, 0.15) is 0 Å². The van der Waals surface area contributed by atoms with Crippen molar-refractivity contribution in [1.82, 2.24) is 19.6 Å². The van der Waals surface area contributed by atoms with Crippen LogP contribution in [0, 0.1) is 0 Å². The number of carbonyl (C=O) groups excluding carboxylic acids is 1. The highest BCUT2D eigenvalue weighted by atomic mass is 35.5. The van der Waals surface area contributed by atoms with E-state index in [1.54, 1.807) is 18.3 Å². The number of halogens is 4. The number of alkyl halides is 3. The van der Waals surface area contributed by atoms with E-state index >= 15 is 0 Å². The van der Waals surface area contributed by atoms with Gasteiger partial charge in [-0.2, -0.15) is 23.3 Å². The van der Waals surface area contributed by atoms with Crippen LogP contribution in [0.15, 0.2) is 52.5 Å². The van der Waals surface area contributed by atoms with Gasteiger partial charge in [-0.1, -0.05) is 23.7 Å². The molecule has 0 unspecified atom stereocenters. The van der Waals surface area contributed by atoms with Gasteiger partial charge in [0.15, 0.2) is 5.17 Å². The molecule has 0 atom stereocenters. The minimum atomic E-state index is -4.52. The van der Waals surface area contributed by atoms with Crippen LogP contribution < -0.4 is 0 Å². The Morgan fingerprint density at radius 2 is 1.89 bits per heavy atom. The fourth-order valence-corrected chi connectivity index (χ4v) is 4.66. The number of aliphatic imine (C=N–C) groups is 1. The first-order valence-corrected chi connectivity index (χ1v) is 11.9. The average Bonchev–Trinajstić information content (AvgIpc) is 3.35. The molecule has 1 aliphatic heterocycles. The number of hydrogen-bond donors (Lipinski definition) is 0. The summed E-state index contributed by atoms with van der Waals surface area (Å²) in [7, 11) is 5.87. The van der Waals surface area contributed by atoms with Crippen molar-refractivity contribution in [3.05, 3.63) is 69.2 Å². The summed E-state index contributed by atoms with van der Waals surface area (Å²) in [5.41, 5.74) is 0.760. The van der Waals surface area contributed by atoms with E-state index in [0.717, 1.165) is 30.1 Å². The Balaban J connectivity index is 1.54. The molecule has 1 amide bonds. The molecule has 0 saturated carbocycles. The van der Waals surface area contributed by atoms with Crippen LogP contribution in [0.4, 0.5) is 13.2 Å². The summed E-state index contributed by atoms with van der Waals surface area (Å²) < 4.78 is 41.9. The zero-order chi connectivity index (χ0) is 25.3. The fraction of sp³-hybridized carbons (Fsp3) is 0.292. The molecule has 0 bridgehead atoms. The summed E-state index contributed by atoms with van der Waals surface area (Å²) >= 11 is 7.11. The van der Waals surface area contributed by atoms with Gasteiger partial charge in [0, 0.05) is 30.5 Å². The second-order valence-corrected chi connectivity index (χ2v) is 9.90. The van der Waals surface area contributed by atoms with Crippen molar-refractivity contribution in [3.63, 3.8) is 0 Å². The highest BCUT2D eigenvalue weighted by molar-refractivity contribution is 8.18. The van der Waals surface area contributed by atoms with E-state index in [1.807, 2.05) is 38.2 Å². The van der Waals surface area contributed by atoms with Gasteiger partial charge in [-0.3, -0.25) is 9.48 Å². The molecule has 6 nitrogen and oxygen atoms in total. The SMILES string of the molecule is CN(C)CCN(C)C1=NC(=O)C(=Cc2ccc3c(cnn3Cc3ccc(Cl)cc3C(F)(F)F)c2)S1. The Morgan fingerprint density at radius 1 is 1.11 bits per heavy atom. The fourth-order valence-electron chi connectivity index (χ4n) is 3.59. The van der Waals surface area contributed by atoms with Gasteiger partial charge in [0.2, 0.25) is 0 Å². The average molecular weight is 522 g/mol. The minimum Gasteiger partial charge on any atom is -0.353 e. The lowest BCUT2D eigenvalue weighted by atomic mass is 10.1. The Hall–Kier alpha value is -2.82. The van der Waals surface area contributed by atoms with Crippen molar-refractivity contribution in [2.24, 2.45) is 4.99 Å². The quantitative estimate of drug-likeness (QED) is 0.416. The van der Waals surface area contributed by atoms with Crippen LogP contribution in [0.1, 0.15) is 16.7 Å². The Bertz CT molecular complexity index is 1330. The molecule has 0 N–H and O–H groups in total. The second kappa shape index (κ2) is 10.0. The topological polar surface area (TPSA) is 53.7 Å². The minimum absolute atomic E-state index is 0.0273. The third-order valence-electron chi connectivity index (χ3n) is 5.48. The van der Waals surface area contributed by atoms with E-state index in [4.69, 9.17) is 11.6 Å². The first-order valence-electron chi connectivity index (χ1n) is 10.7. The number of amides is 1. The number of benzene rings is 2. The van der Waals surface area contributed by atoms with Crippen molar-refractivity contribution in [2.75, 3.05) is 34.2 Å². The molecule has 184 valence electrons. The molecule has 0 saturated heterocycles. The summed E-state index contributed by atoms with van der Waals surface area (Å²) in [5.74, 6) is -0.292. The van der Waals surface area contributed by atoms with Crippen molar-refractivity contribution < 1.29 is 18.0 Å². The van der Waals surface area contributed by atoms with Crippen LogP contribution in [0.5, 0.6) is 0 Å². The number of fused-ring (bicyclic) bond motifs is 1. The largest absolute Gasteiger partial charge is 0.416 e. The number of likely N-dealkylation sites (N-methyl/N-ethyl adjacent to an activating group) is 2. The van der Waals surface area contributed by atoms with Crippen LogP contribution >= 0.6 is 23.4 Å². The van der Waals surface area contributed by atoms with Crippen LogP contribution in [0.25, 0.3) is 17.0 Å². The van der Waals surface area contributed by atoms with Crippen molar-refractivity contribution >= 4 is 51.4 Å². The molecule has 11 heteroatoms. The third kappa shape index (κ3) is 5.88. The van der Waals surface area contributed by atoms with Gasteiger partial charge in [-0.15, -0.1) is 0 Å². The second-order valence-electron chi connectivity index (χ2n) is 8.45. The molecular formula is C24H23ClF3N5OS. The van der Waals surface area contributed by atoms with Gasteiger partial charge in [-0.05, 0) is 67.3 Å². The van der Waals surface area contributed by atoms with Gasteiger partial charge < -0.3 is 9.80 Å². The van der Waals surface area contributed by atoms with Gasteiger partial charge in [0.05, 0.1) is 28.7 Å². The summed E-state index contributed by atoms with van der Waals surface area (Å²) in [6.45, 7) is 1.53. The molecule has 0 fully saturated rings. The first kappa shape index (κ1) is 25.3. The van der Waals surface area contributed by atoms with Crippen LogP contribution in [0.3, 0.4) is 0 Å². The van der Waals surface area contributed by atoms with Crippen LogP contribution in [-0.2, 0) is 17.5 Å². The van der Waals surface area contributed by atoms with Gasteiger partial charge in [0.25, 0.3) is 5.91 Å². The van der Waals surface area contributed by atoms with Gasteiger partial charge in [-0.25, -0.2) is 0 Å². The van der Waals surface area contributed by atoms with E-state index in [0.29, 0.717) is 15.6 Å². The number of nitrogens with zero attached hydrogens (tertiary/aromatic N) is 5. The van der Waals surface area contributed by atoms with Crippen LogP contribution in [-0.4, -0.2) is 64.9 Å². The molecule has 0 spiro atoms. The summed E-state index contributed by atoms with van der Waals surface area (Å²) in [4.78, 5) is 21.1. The number of hydrogen-bond acceptors (Lipinski definition) is 5. The lowest BCUT2D eigenvalue weighted by Crippen LogP contribution is -2.31. The van der Waals surface area contributed by atoms with Crippen molar-refractivity contribution in [3.8, 4) is 0 Å². The lowest BCUT2D eigenvalue weighted by molar-refractivity contribution is -0.138. The smallest absolute Gasteiger partial charge is 0.353 e. The van der Waals surface area contributed by atoms with Crippen LogP contribution in [0.2, 0.25) is 5.02 Å². The molecule has 4 rings (SSSR count). The van der Waals surface area contributed by atoms with E-state index in [-0.39, 0.29) is 23.0 Å². The maximum absolute atomic E-state index is 13.5. The highest BCUT2D eigenvalue weighted by Crippen LogP contribution is 2.35. The monoisotopic (exact) mass is 521 g/mol. The molecule has 1 aromatic heterocycles. The molecular weight excluding hydrogens is 499 g/mol. The number of carbonyl (C=O) groups is 1. The molecule has 2 heterocycles. The maximum atomic E-state index is 13.5. The molecule has 0 aliphatic carbocycles. The molecule has 35 heavy (non-hydrogen) atoms. The molecule has 0 radical (unpaired) electrons. The summed E-state index contributed by atoms with van der Waals surface area (Å²) in [5, 5.41) is 5.72. The molecule has 1 aliphatic rings. The van der Waals surface area contributed by atoms with E-state index < -0.39 is 11.7 Å². The standard InChI is InChI=1S/C24H23ClF3N5OS/c1-31(2)8-9-32(3)23-30-22(34)21(35-23)11-15-4-7-20-17(10-15)13-29-33(20)14-16-5-6-18(25)12-19(16)24(26,27)28/h4-7,10-13H,8-9,14H2,1-3H3. The highest BCUT2D eigenvalue weighted by Gasteiger charge is 2.33. The van der Waals surface area contributed by atoms with Gasteiger partial charge >= 0.3 is 6.18 Å². The van der Waals surface area contributed by atoms with E-state index in [9.17, 15) is 18.0 Å². The Labute approximate surface area is 210 Å². The number of rotatable bonds is 6. The number of amidine groups is 1. The number of aromatic nitrogens is 2. The Kier molecular flexibility index (Phi) is 7.25. The van der Waals surface area contributed by atoms with E-state index in [2.05, 4.69) is 15.0 Å². The predicted octanol–water partition coefficient (Wildman–Crippen LogP) is 5.22. The zero-order valence-corrected chi connectivity index (χ0v) is 20.9. The predicted molar refractivity (Wildman–Crippen MR) is 134 cm³/mol. The maximum Gasteiger partial charge on any atom is 0.416 e. The van der Waals surface area contributed by atoms with Crippen molar-refractivity contribution in [2.45, 2.75) is 12.7 Å². The Morgan fingerprint density at radius 3 is 2.60 bits per heavy atom. The van der Waals surface area contributed by atoms with E-state index in [1.165, 1.54) is 28.6 Å². The van der Waals surface area contributed by atoms with Crippen molar-refractivity contribution in [1.29, 1.82) is 0 Å².